The maximum atomic E-state index is 5.67. The van der Waals surface area contributed by atoms with Gasteiger partial charge in [0.05, 0.1) is 6.04 Å². The van der Waals surface area contributed by atoms with Crippen molar-refractivity contribution in [3.05, 3.63) is 22.6 Å². The average Bonchev–Trinajstić information content (AvgIpc) is 2.93. The van der Waals surface area contributed by atoms with Gasteiger partial charge in [-0.1, -0.05) is 0 Å². The molecule has 3 rings (SSSR count). The molecule has 2 aliphatic heterocycles. The van der Waals surface area contributed by atoms with E-state index < -0.39 is 0 Å². The average molecular weight is 299 g/mol. The number of nitrogens with zero attached hydrogens (tertiary/aromatic N) is 1. The molecule has 94 valence electrons. The van der Waals surface area contributed by atoms with Gasteiger partial charge < -0.3 is 9.73 Å². The van der Waals surface area contributed by atoms with Gasteiger partial charge in [0.25, 0.3) is 0 Å². The van der Waals surface area contributed by atoms with Crippen LogP contribution in [0.2, 0.25) is 0 Å². The fraction of sp³-hybridized carbons (Fsp3) is 0.692. The Morgan fingerprint density at radius 3 is 3.06 bits per heavy atom. The quantitative estimate of drug-likeness (QED) is 0.910. The summed E-state index contributed by atoms with van der Waals surface area (Å²) in [6.07, 6.45) is 2.71. The summed E-state index contributed by atoms with van der Waals surface area (Å²) in [4.78, 5) is 2.54. The SMILES string of the molecule is CC(c1ccc(Br)o1)N1C[C@@H]2CCCN[C@@H]2C1. The molecule has 0 saturated carbocycles. The monoisotopic (exact) mass is 298 g/mol. The van der Waals surface area contributed by atoms with Crippen molar-refractivity contribution in [1.29, 1.82) is 0 Å². The number of rotatable bonds is 2. The van der Waals surface area contributed by atoms with Crippen LogP contribution in [0.1, 0.15) is 31.6 Å². The smallest absolute Gasteiger partial charge is 0.169 e. The number of hydrogen-bond donors (Lipinski definition) is 1. The summed E-state index contributed by atoms with van der Waals surface area (Å²) in [7, 11) is 0. The first-order chi connectivity index (χ1) is 8.24. The molecule has 3 nitrogen and oxygen atoms in total. The number of hydrogen-bond acceptors (Lipinski definition) is 3. The first kappa shape index (κ1) is 11.8. The minimum Gasteiger partial charge on any atom is -0.453 e. The fourth-order valence-corrected chi connectivity index (χ4v) is 3.45. The summed E-state index contributed by atoms with van der Waals surface area (Å²) in [5.74, 6) is 1.90. The van der Waals surface area contributed by atoms with Gasteiger partial charge in [0, 0.05) is 19.1 Å². The van der Waals surface area contributed by atoms with Gasteiger partial charge in [-0.05, 0) is 60.3 Å². The first-order valence-electron chi connectivity index (χ1n) is 6.46. The highest BCUT2D eigenvalue weighted by atomic mass is 79.9. The number of nitrogens with one attached hydrogen (secondary N) is 1. The van der Waals surface area contributed by atoms with Crippen LogP contribution >= 0.6 is 15.9 Å². The molecule has 4 heteroatoms. The third-order valence-corrected chi connectivity index (χ3v) is 4.61. The number of halogens is 1. The molecule has 0 radical (unpaired) electrons. The summed E-state index contributed by atoms with van der Waals surface area (Å²) < 4.78 is 6.49. The predicted molar refractivity (Wildman–Crippen MR) is 70.9 cm³/mol. The molecular weight excluding hydrogens is 280 g/mol. The predicted octanol–water partition coefficient (Wildman–Crippen LogP) is 2.79. The van der Waals surface area contributed by atoms with Crippen LogP contribution < -0.4 is 5.32 Å². The summed E-state index contributed by atoms with van der Waals surface area (Å²) in [5, 5.41) is 3.64. The Morgan fingerprint density at radius 1 is 1.47 bits per heavy atom. The second kappa shape index (κ2) is 4.75. The van der Waals surface area contributed by atoms with Gasteiger partial charge in [0.2, 0.25) is 0 Å². The van der Waals surface area contributed by atoms with Crippen molar-refractivity contribution >= 4 is 15.9 Å². The molecular formula is C13H19BrN2O. The van der Waals surface area contributed by atoms with Gasteiger partial charge in [-0.15, -0.1) is 0 Å². The lowest BCUT2D eigenvalue weighted by Crippen LogP contribution is -2.40. The van der Waals surface area contributed by atoms with Crippen molar-refractivity contribution in [3.8, 4) is 0 Å². The Labute approximate surface area is 111 Å². The molecule has 2 aliphatic rings. The Bertz CT molecular complexity index is 379. The Balaban J connectivity index is 1.69. The maximum Gasteiger partial charge on any atom is 0.169 e. The van der Waals surface area contributed by atoms with E-state index in [2.05, 4.69) is 39.1 Å². The largest absolute Gasteiger partial charge is 0.453 e. The molecule has 2 saturated heterocycles. The van der Waals surface area contributed by atoms with E-state index in [1.54, 1.807) is 0 Å². The molecule has 1 aromatic rings. The van der Waals surface area contributed by atoms with Crippen molar-refractivity contribution < 1.29 is 4.42 Å². The second-order valence-corrected chi connectivity index (χ2v) is 6.02. The van der Waals surface area contributed by atoms with E-state index in [-0.39, 0.29) is 0 Å². The molecule has 2 fully saturated rings. The third-order valence-electron chi connectivity index (χ3n) is 4.18. The summed E-state index contributed by atoms with van der Waals surface area (Å²) in [6.45, 7) is 5.79. The number of piperidine rings is 1. The molecule has 3 heterocycles. The lowest BCUT2D eigenvalue weighted by Gasteiger charge is -2.24. The van der Waals surface area contributed by atoms with E-state index in [1.807, 2.05) is 6.07 Å². The van der Waals surface area contributed by atoms with Crippen LogP contribution in [0.4, 0.5) is 0 Å². The summed E-state index contributed by atoms with van der Waals surface area (Å²) >= 11 is 3.37. The topological polar surface area (TPSA) is 28.4 Å². The van der Waals surface area contributed by atoms with E-state index in [0.717, 1.165) is 22.9 Å². The van der Waals surface area contributed by atoms with Crippen molar-refractivity contribution in [2.75, 3.05) is 19.6 Å². The molecule has 17 heavy (non-hydrogen) atoms. The molecule has 0 amide bonds. The van der Waals surface area contributed by atoms with E-state index in [9.17, 15) is 0 Å². The molecule has 1 N–H and O–H groups in total. The van der Waals surface area contributed by atoms with Gasteiger partial charge >= 0.3 is 0 Å². The lowest BCUT2D eigenvalue weighted by atomic mass is 9.94. The van der Waals surface area contributed by atoms with E-state index >= 15 is 0 Å². The molecule has 0 aliphatic carbocycles. The van der Waals surface area contributed by atoms with Crippen LogP contribution in [0.3, 0.4) is 0 Å². The zero-order chi connectivity index (χ0) is 11.8. The molecule has 0 aromatic carbocycles. The highest BCUT2D eigenvalue weighted by Gasteiger charge is 2.36. The van der Waals surface area contributed by atoms with E-state index in [1.165, 1.54) is 25.9 Å². The molecule has 0 bridgehead atoms. The van der Waals surface area contributed by atoms with Crippen LogP contribution in [-0.4, -0.2) is 30.6 Å². The van der Waals surface area contributed by atoms with Gasteiger partial charge in [-0.2, -0.15) is 0 Å². The molecule has 0 spiro atoms. The first-order valence-corrected chi connectivity index (χ1v) is 7.26. The van der Waals surface area contributed by atoms with Crippen LogP contribution in [0.5, 0.6) is 0 Å². The molecule has 1 aromatic heterocycles. The zero-order valence-corrected chi connectivity index (χ0v) is 11.7. The summed E-state index contributed by atoms with van der Waals surface area (Å²) in [6, 6.07) is 5.13. The molecule has 3 atom stereocenters. The minimum absolute atomic E-state index is 0.383. The van der Waals surface area contributed by atoms with Crippen molar-refractivity contribution in [2.24, 2.45) is 5.92 Å². The van der Waals surface area contributed by atoms with Crippen molar-refractivity contribution in [3.63, 3.8) is 0 Å². The van der Waals surface area contributed by atoms with Crippen LogP contribution in [0.25, 0.3) is 0 Å². The number of fused-ring (bicyclic) bond motifs is 1. The van der Waals surface area contributed by atoms with Gasteiger partial charge in [0.1, 0.15) is 5.76 Å². The van der Waals surface area contributed by atoms with Gasteiger partial charge in [-0.25, -0.2) is 0 Å². The Morgan fingerprint density at radius 2 is 2.35 bits per heavy atom. The lowest BCUT2D eigenvalue weighted by molar-refractivity contribution is 0.220. The van der Waals surface area contributed by atoms with Crippen LogP contribution in [-0.2, 0) is 0 Å². The van der Waals surface area contributed by atoms with Gasteiger partial charge in [0.15, 0.2) is 4.67 Å². The Kier molecular flexibility index (Phi) is 3.28. The number of likely N-dealkylation sites (tertiary alicyclic amines) is 1. The van der Waals surface area contributed by atoms with Crippen molar-refractivity contribution in [2.45, 2.75) is 31.8 Å². The minimum atomic E-state index is 0.383. The summed E-state index contributed by atoms with van der Waals surface area (Å²) in [5.41, 5.74) is 0. The van der Waals surface area contributed by atoms with E-state index in [4.69, 9.17) is 4.42 Å². The fourth-order valence-electron chi connectivity index (χ4n) is 3.13. The highest BCUT2D eigenvalue weighted by molar-refractivity contribution is 9.10. The second-order valence-electron chi connectivity index (χ2n) is 5.23. The standard InChI is InChI=1S/C13H19BrN2O/c1-9(12-4-5-13(14)17-12)16-7-10-3-2-6-15-11(10)8-16/h4-5,9-11,15H,2-3,6-8H2,1H3/t9?,10-,11+/m0/s1. The van der Waals surface area contributed by atoms with Gasteiger partial charge in [-0.3, -0.25) is 4.90 Å². The number of furan rings is 1. The molecule has 1 unspecified atom stereocenters. The van der Waals surface area contributed by atoms with Crippen molar-refractivity contribution in [1.82, 2.24) is 10.2 Å². The highest BCUT2D eigenvalue weighted by Crippen LogP contribution is 2.32. The zero-order valence-electron chi connectivity index (χ0n) is 10.2. The van der Waals surface area contributed by atoms with Crippen LogP contribution in [0.15, 0.2) is 21.2 Å². The van der Waals surface area contributed by atoms with E-state index in [0.29, 0.717) is 12.1 Å². The normalized spacial score (nSPS) is 31.4. The maximum absolute atomic E-state index is 5.67. The third kappa shape index (κ3) is 2.30. The Hall–Kier alpha value is -0.320. The van der Waals surface area contributed by atoms with Crippen LogP contribution in [0, 0.1) is 5.92 Å².